The second kappa shape index (κ2) is 5.22. The highest BCUT2D eigenvalue weighted by Crippen LogP contribution is 2.18. The van der Waals surface area contributed by atoms with Gasteiger partial charge < -0.3 is 4.90 Å². The van der Waals surface area contributed by atoms with Crippen molar-refractivity contribution in [3.63, 3.8) is 0 Å². The minimum atomic E-state index is 0.491. The summed E-state index contributed by atoms with van der Waals surface area (Å²) >= 11 is 5.86. The number of benzene rings is 1. The Bertz CT molecular complexity index is 368. The number of nitrogens with zero attached hydrogens (tertiary/aromatic N) is 1. The molecule has 1 rings (SSSR count). The van der Waals surface area contributed by atoms with Crippen LogP contribution in [0.3, 0.4) is 0 Å². The van der Waals surface area contributed by atoms with Crippen molar-refractivity contribution in [3.8, 4) is 24.7 Å². The molecule has 0 spiro atoms. The lowest BCUT2D eigenvalue weighted by Crippen LogP contribution is -2.23. The van der Waals surface area contributed by atoms with Crippen LogP contribution < -0.4 is 4.90 Å². The molecule has 0 saturated carbocycles. The Morgan fingerprint density at radius 1 is 1.21 bits per heavy atom. The first-order chi connectivity index (χ1) is 6.77. The average Bonchev–Trinajstić information content (AvgIpc) is 2.17. The van der Waals surface area contributed by atoms with Crippen LogP contribution in [-0.4, -0.2) is 13.1 Å². The van der Waals surface area contributed by atoms with E-state index >= 15 is 0 Å². The number of hydrogen-bond donors (Lipinski definition) is 0. The maximum atomic E-state index is 5.86. The molecule has 0 radical (unpaired) electrons. The van der Waals surface area contributed by atoms with Crippen molar-refractivity contribution in [2.45, 2.75) is 0 Å². The zero-order valence-corrected chi connectivity index (χ0v) is 8.46. The van der Waals surface area contributed by atoms with Crippen molar-refractivity contribution in [1.29, 1.82) is 0 Å². The first-order valence-corrected chi connectivity index (χ1v) is 4.53. The van der Waals surface area contributed by atoms with Crippen LogP contribution >= 0.6 is 11.6 Å². The number of anilines is 1. The summed E-state index contributed by atoms with van der Waals surface area (Å²) in [6.07, 6.45) is 10.5. The SMILES string of the molecule is C#CCN(CC#C)c1cccc(Cl)c1. The molecule has 1 aromatic rings. The van der Waals surface area contributed by atoms with Gasteiger partial charge in [0.25, 0.3) is 0 Å². The number of hydrogen-bond acceptors (Lipinski definition) is 1. The summed E-state index contributed by atoms with van der Waals surface area (Å²) < 4.78 is 0. The Morgan fingerprint density at radius 3 is 2.36 bits per heavy atom. The van der Waals surface area contributed by atoms with Crippen LogP contribution in [0.5, 0.6) is 0 Å². The maximum Gasteiger partial charge on any atom is 0.0801 e. The molecule has 14 heavy (non-hydrogen) atoms. The average molecular weight is 204 g/mol. The molecule has 70 valence electrons. The van der Waals surface area contributed by atoms with Gasteiger partial charge in [-0.3, -0.25) is 0 Å². The van der Waals surface area contributed by atoms with Crippen LogP contribution in [0.15, 0.2) is 24.3 Å². The largest absolute Gasteiger partial charge is 0.349 e. The normalized spacial score (nSPS) is 8.79. The molecule has 0 aromatic heterocycles. The minimum Gasteiger partial charge on any atom is -0.349 e. The first kappa shape index (κ1) is 10.5. The molecule has 1 nitrogen and oxygen atoms in total. The Labute approximate surface area is 89.7 Å². The quantitative estimate of drug-likeness (QED) is 0.682. The fraction of sp³-hybridized carbons (Fsp3) is 0.167. The smallest absolute Gasteiger partial charge is 0.0801 e. The van der Waals surface area contributed by atoms with E-state index in [1.807, 2.05) is 29.2 Å². The first-order valence-electron chi connectivity index (χ1n) is 4.15. The lowest BCUT2D eigenvalue weighted by atomic mass is 10.3. The molecule has 0 amide bonds. The van der Waals surface area contributed by atoms with Gasteiger partial charge in [0.15, 0.2) is 0 Å². The second-order valence-electron chi connectivity index (χ2n) is 2.74. The van der Waals surface area contributed by atoms with Crippen LogP contribution in [-0.2, 0) is 0 Å². The van der Waals surface area contributed by atoms with Crippen molar-refractivity contribution in [1.82, 2.24) is 0 Å². The maximum absolute atomic E-state index is 5.86. The molecule has 0 fully saturated rings. The predicted octanol–water partition coefficient (Wildman–Crippen LogP) is 2.41. The minimum absolute atomic E-state index is 0.491. The van der Waals surface area contributed by atoms with Crippen molar-refractivity contribution in [2.24, 2.45) is 0 Å². The van der Waals surface area contributed by atoms with Crippen LogP contribution in [0.4, 0.5) is 5.69 Å². The number of rotatable bonds is 3. The van der Waals surface area contributed by atoms with Crippen LogP contribution in [0, 0.1) is 24.7 Å². The molecular weight excluding hydrogens is 194 g/mol. The van der Waals surface area contributed by atoms with Crippen molar-refractivity contribution < 1.29 is 0 Å². The molecule has 2 heteroatoms. The molecular formula is C12H10ClN. The van der Waals surface area contributed by atoms with E-state index < -0.39 is 0 Å². The summed E-state index contributed by atoms with van der Waals surface area (Å²) in [6, 6.07) is 7.46. The summed E-state index contributed by atoms with van der Waals surface area (Å²) in [7, 11) is 0. The van der Waals surface area contributed by atoms with E-state index in [0.717, 1.165) is 5.69 Å². The zero-order valence-electron chi connectivity index (χ0n) is 7.70. The van der Waals surface area contributed by atoms with Gasteiger partial charge in [-0.15, -0.1) is 12.8 Å². The molecule has 0 aliphatic rings. The van der Waals surface area contributed by atoms with Gasteiger partial charge in [-0.2, -0.15) is 0 Å². The van der Waals surface area contributed by atoms with Crippen molar-refractivity contribution in [2.75, 3.05) is 18.0 Å². The van der Waals surface area contributed by atoms with E-state index in [0.29, 0.717) is 18.1 Å². The molecule has 0 heterocycles. The highest BCUT2D eigenvalue weighted by atomic mass is 35.5. The van der Waals surface area contributed by atoms with E-state index in [4.69, 9.17) is 24.4 Å². The molecule has 0 N–H and O–H groups in total. The van der Waals surface area contributed by atoms with E-state index in [9.17, 15) is 0 Å². The Balaban J connectivity index is 2.89. The highest BCUT2D eigenvalue weighted by Gasteiger charge is 2.02. The van der Waals surface area contributed by atoms with Gasteiger partial charge in [0.2, 0.25) is 0 Å². The van der Waals surface area contributed by atoms with Gasteiger partial charge in [-0.1, -0.05) is 29.5 Å². The highest BCUT2D eigenvalue weighted by molar-refractivity contribution is 6.30. The van der Waals surface area contributed by atoms with Gasteiger partial charge in [0, 0.05) is 10.7 Å². The summed E-state index contributed by atoms with van der Waals surface area (Å²) in [5.41, 5.74) is 0.952. The van der Waals surface area contributed by atoms with Crippen molar-refractivity contribution >= 4 is 17.3 Å². The van der Waals surface area contributed by atoms with E-state index in [-0.39, 0.29) is 0 Å². The lowest BCUT2D eigenvalue weighted by Gasteiger charge is -2.19. The zero-order chi connectivity index (χ0) is 10.4. The lowest BCUT2D eigenvalue weighted by molar-refractivity contribution is 0.986. The fourth-order valence-corrected chi connectivity index (χ4v) is 1.32. The Hall–Kier alpha value is -1.57. The van der Waals surface area contributed by atoms with Gasteiger partial charge >= 0.3 is 0 Å². The topological polar surface area (TPSA) is 3.24 Å². The standard InChI is InChI=1S/C12H10ClN/c1-3-8-14(9-4-2)12-7-5-6-11(13)10-12/h1-2,5-7,10H,8-9H2. The van der Waals surface area contributed by atoms with Gasteiger partial charge in [-0.25, -0.2) is 0 Å². The monoisotopic (exact) mass is 203 g/mol. The molecule has 0 bridgehead atoms. The molecule has 0 unspecified atom stereocenters. The van der Waals surface area contributed by atoms with Crippen molar-refractivity contribution in [3.05, 3.63) is 29.3 Å². The van der Waals surface area contributed by atoms with E-state index in [2.05, 4.69) is 11.8 Å². The molecule has 0 aliphatic heterocycles. The van der Waals surface area contributed by atoms with Crippen LogP contribution in [0.2, 0.25) is 5.02 Å². The second-order valence-corrected chi connectivity index (χ2v) is 3.18. The summed E-state index contributed by atoms with van der Waals surface area (Å²) in [5.74, 6) is 5.12. The van der Waals surface area contributed by atoms with Crippen LogP contribution in [0.25, 0.3) is 0 Å². The summed E-state index contributed by atoms with van der Waals surface area (Å²) in [6.45, 7) is 0.981. The molecule has 1 aromatic carbocycles. The predicted molar refractivity (Wildman–Crippen MR) is 61.3 cm³/mol. The molecule has 0 aliphatic carbocycles. The van der Waals surface area contributed by atoms with Crippen LogP contribution in [0.1, 0.15) is 0 Å². The number of terminal acetylenes is 2. The third-order valence-corrected chi connectivity index (χ3v) is 1.97. The third kappa shape index (κ3) is 2.73. The fourth-order valence-electron chi connectivity index (χ4n) is 1.13. The van der Waals surface area contributed by atoms with Gasteiger partial charge in [-0.05, 0) is 18.2 Å². The van der Waals surface area contributed by atoms with Gasteiger partial charge in [0.1, 0.15) is 0 Å². The number of halogens is 1. The van der Waals surface area contributed by atoms with E-state index in [1.54, 1.807) is 0 Å². The van der Waals surface area contributed by atoms with Gasteiger partial charge in [0.05, 0.1) is 13.1 Å². The third-order valence-electron chi connectivity index (χ3n) is 1.74. The summed E-state index contributed by atoms with van der Waals surface area (Å²) in [4.78, 5) is 1.91. The molecule has 0 atom stereocenters. The summed E-state index contributed by atoms with van der Waals surface area (Å²) in [5, 5.41) is 0.682. The Morgan fingerprint density at radius 2 is 1.86 bits per heavy atom. The Kier molecular flexibility index (Phi) is 3.92. The molecule has 0 saturated heterocycles. The van der Waals surface area contributed by atoms with E-state index in [1.165, 1.54) is 0 Å².